The van der Waals surface area contributed by atoms with Crippen LogP contribution in [0.5, 0.6) is 0 Å². The molecule has 1 amide bonds. The van der Waals surface area contributed by atoms with Crippen molar-refractivity contribution < 1.29 is 52.4 Å². The summed E-state index contributed by atoms with van der Waals surface area (Å²) >= 11 is 1.22. The van der Waals surface area contributed by atoms with E-state index in [0.29, 0.717) is 12.2 Å². The number of carbonyl (C=O) groups is 5. The van der Waals surface area contributed by atoms with E-state index in [2.05, 4.69) is 16.6 Å². The van der Waals surface area contributed by atoms with E-state index < -0.39 is 53.8 Å². The highest BCUT2D eigenvalue weighted by Gasteiger charge is 2.51. The van der Waals surface area contributed by atoms with E-state index in [4.69, 9.17) is 23.7 Å². The minimum absolute atomic E-state index is 0.0724. The minimum atomic E-state index is -1.20. The number of alkyl carbamates (subject to hydrolysis) is 1. The maximum Gasteiger partial charge on any atom is 0.407 e. The molecular weight excluding hydrogens is 474 g/mol. The van der Waals surface area contributed by atoms with Gasteiger partial charge in [-0.1, -0.05) is 12.7 Å². The number of hydrogen-bond donors (Lipinski definition) is 1. The van der Waals surface area contributed by atoms with Gasteiger partial charge < -0.3 is 33.7 Å². The van der Waals surface area contributed by atoms with Crippen LogP contribution in [0.4, 0.5) is 4.79 Å². The standard InChI is InChI=1S/C21H31NO11S/c1-6-9-29-21(27)22-17-19(32-14(4)25)18(31-13(3)24)15(11-30-12(2)23)33-20(17)34-10-7-8-16(26)28-5/h6,15,17-20H,1,7-11H2,2-5H3,(H,22,27). The third-order valence-electron chi connectivity index (χ3n) is 4.35. The second-order valence-corrected chi connectivity index (χ2v) is 8.31. The Morgan fingerprint density at radius 1 is 1.00 bits per heavy atom. The molecule has 1 fully saturated rings. The molecule has 1 rings (SSSR count). The van der Waals surface area contributed by atoms with Gasteiger partial charge in [-0.3, -0.25) is 19.2 Å². The number of methoxy groups -OCH3 is 1. The van der Waals surface area contributed by atoms with Gasteiger partial charge in [0.05, 0.1) is 7.11 Å². The highest BCUT2D eigenvalue weighted by Crippen LogP contribution is 2.33. The second kappa shape index (κ2) is 15.2. The monoisotopic (exact) mass is 505 g/mol. The summed E-state index contributed by atoms with van der Waals surface area (Å²) in [7, 11) is 1.28. The van der Waals surface area contributed by atoms with Crippen molar-refractivity contribution in [2.24, 2.45) is 0 Å². The van der Waals surface area contributed by atoms with Crippen LogP contribution in [0.3, 0.4) is 0 Å². The van der Waals surface area contributed by atoms with Crippen molar-refractivity contribution >= 4 is 41.7 Å². The molecule has 1 saturated heterocycles. The molecule has 0 saturated carbocycles. The van der Waals surface area contributed by atoms with E-state index in [1.54, 1.807) is 0 Å². The molecule has 0 bridgehead atoms. The van der Waals surface area contributed by atoms with Gasteiger partial charge in [0.15, 0.2) is 12.2 Å². The van der Waals surface area contributed by atoms with Crippen LogP contribution in [0.15, 0.2) is 12.7 Å². The quantitative estimate of drug-likeness (QED) is 0.175. The van der Waals surface area contributed by atoms with Crippen LogP contribution in [0.2, 0.25) is 0 Å². The number of ether oxygens (including phenoxy) is 6. The molecule has 0 spiro atoms. The van der Waals surface area contributed by atoms with Crippen molar-refractivity contribution in [1.82, 2.24) is 5.32 Å². The van der Waals surface area contributed by atoms with Crippen LogP contribution >= 0.6 is 11.8 Å². The summed E-state index contributed by atoms with van der Waals surface area (Å²) in [6.07, 6.45) is -2.26. The molecule has 13 heteroatoms. The average molecular weight is 506 g/mol. The molecule has 12 nitrogen and oxygen atoms in total. The molecule has 1 heterocycles. The highest BCUT2D eigenvalue weighted by atomic mass is 32.2. The summed E-state index contributed by atoms with van der Waals surface area (Å²) in [5.74, 6) is -1.96. The normalized spacial score (nSPS) is 23.7. The van der Waals surface area contributed by atoms with Gasteiger partial charge in [0.25, 0.3) is 0 Å². The fourth-order valence-corrected chi connectivity index (χ4v) is 4.22. The SMILES string of the molecule is C=CCOC(=O)NC1C(SCCCC(=O)OC)OC(COC(C)=O)C(OC(C)=O)C1OC(C)=O. The van der Waals surface area contributed by atoms with E-state index >= 15 is 0 Å². The number of nitrogens with one attached hydrogen (secondary N) is 1. The summed E-state index contributed by atoms with van der Waals surface area (Å²) in [6.45, 7) is 6.62. The number of amides is 1. The highest BCUT2D eigenvalue weighted by molar-refractivity contribution is 7.99. The number of carbonyl (C=O) groups excluding carboxylic acids is 5. The summed E-state index contributed by atoms with van der Waals surface area (Å²) in [4.78, 5) is 58.7. The molecule has 5 atom stereocenters. The first-order chi connectivity index (χ1) is 16.1. The Hall–Kier alpha value is -2.80. The maximum atomic E-state index is 12.3. The lowest BCUT2D eigenvalue weighted by Crippen LogP contribution is -2.65. The Labute approximate surface area is 202 Å². The summed E-state index contributed by atoms with van der Waals surface area (Å²) in [5, 5.41) is 2.59. The Morgan fingerprint density at radius 3 is 2.21 bits per heavy atom. The van der Waals surface area contributed by atoms with Crippen LogP contribution in [-0.2, 0) is 47.6 Å². The van der Waals surface area contributed by atoms with Crippen molar-refractivity contribution in [2.45, 2.75) is 63.4 Å². The lowest BCUT2D eigenvalue weighted by Gasteiger charge is -2.45. The van der Waals surface area contributed by atoms with Crippen molar-refractivity contribution in [3.8, 4) is 0 Å². The van der Waals surface area contributed by atoms with Crippen LogP contribution in [0.1, 0.15) is 33.6 Å². The molecule has 34 heavy (non-hydrogen) atoms. The number of esters is 4. The van der Waals surface area contributed by atoms with Crippen molar-refractivity contribution in [3.63, 3.8) is 0 Å². The van der Waals surface area contributed by atoms with Gasteiger partial charge in [-0.15, -0.1) is 11.8 Å². The largest absolute Gasteiger partial charge is 0.469 e. The van der Waals surface area contributed by atoms with E-state index in [0.717, 1.165) is 13.8 Å². The first-order valence-corrected chi connectivity index (χ1v) is 11.5. The predicted octanol–water partition coefficient (Wildman–Crippen LogP) is 1.11. The van der Waals surface area contributed by atoms with Gasteiger partial charge in [-0.05, 0) is 12.2 Å². The van der Waals surface area contributed by atoms with Gasteiger partial charge in [-0.25, -0.2) is 4.79 Å². The third-order valence-corrected chi connectivity index (χ3v) is 5.61. The average Bonchev–Trinajstić information content (AvgIpc) is 2.76. The molecule has 5 unspecified atom stereocenters. The molecule has 0 aromatic rings. The van der Waals surface area contributed by atoms with Crippen LogP contribution in [0.25, 0.3) is 0 Å². The first-order valence-electron chi connectivity index (χ1n) is 10.4. The van der Waals surface area contributed by atoms with Crippen molar-refractivity contribution in [3.05, 3.63) is 12.7 Å². The van der Waals surface area contributed by atoms with Crippen LogP contribution in [-0.4, -0.2) is 85.8 Å². The molecule has 192 valence electrons. The van der Waals surface area contributed by atoms with Crippen molar-refractivity contribution in [1.29, 1.82) is 0 Å². The lowest BCUT2D eigenvalue weighted by molar-refractivity contribution is -0.211. The molecule has 0 aromatic carbocycles. The molecular formula is C21H31NO11S. The Balaban J connectivity index is 3.22. The Kier molecular flexibility index (Phi) is 13.0. The molecule has 1 aliphatic rings. The fourth-order valence-electron chi connectivity index (χ4n) is 3.03. The number of thioether (sulfide) groups is 1. The zero-order chi connectivity index (χ0) is 25.7. The molecule has 0 radical (unpaired) electrons. The maximum absolute atomic E-state index is 12.3. The lowest BCUT2D eigenvalue weighted by atomic mass is 9.97. The Morgan fingerprint density at radius 2 is 1.65 bits per heavy atom. The predicted molar refractivity (Wildman–Crippen MR) is 119 cm³/mol. The summed E-state index contributed by atoms with van der Waals surface area (Å²) < 4.78 is 31.5. The minimum Gasteiger partial charge on any atom is -0.469 e. The zero-order valence-electron chi connectivity index (χ0n) is 19.6. The fraction of sp³-hybridized carbons (Fsp3) is 0.667. The molecule has 1 aliphatic heterocycles. The Bertz CT molecular complexity index is 744. The van der Waals surface area contributed by atoms with Crippen LogP contribution in [0, 0.1) is 0 Å². The van der Waals surface area contributed by atoms with Crippen LogP contribution < -0.4 is 5.32 Å². The third kappa shape index (κ3) is 10.4. The summed E-state index contributed by atoms with van der Waals surface area (Å²) in [6, 6.07) is -1.01. The van der Waals surface area contributed by atoms with Gasteiger partial charge in [-0.2, -0.15) is 0 Å². The number of hydrogen-bond acceptors (Lipinski definition) is 12. The van der Waals surface area contributed by atoms with E-state index in [1.807, 2.05) is 0 Å². The molecule has 0 aliphatic carbocycles. The van der Waals surface area contributed by atoms with Gasteiger partial charge in [0, 0.05) is 27.2 Å². The van der Waals surface area contributed by atoms with Gasteiger partial charge in [0.2, 0.25) is 0 Å². The second-order valence-electron chi connectivity index (χ2n) is 7.10. The molecule has 0 aromatic heterocycles. The van der Waals surface area contributed by atoms with E-state index in [1.165, 1.54) is 31.9 Å². The first kappa shape index (κ1) is 29.2. The molecule has 1 N–H and O–H groups in total. The van der Waals surface area contributed by atoms with E-state index in [-0.39, 0.29) is 25.6 Å². The van der Waals surface area contributed by atoms with Gasteiger partial charge >= 0.3 is 30.0 Å². The van der Waals surface area contributed by atoms with E-state index in [9.17, 15) is 24.0 Å². The summed E-state index contributed by atoms with van der Waals surface area (Å²) in [5.41, 5.74) is -0.842. The number of rotatable bonds is 12. The zero-order valence-corrected chi connectivity index (χ0v) is 20.4. The smallest absolute Gasteiger partial charge is 0.407 e. The van der Waals surface area contributed by atoms with Crippen molar-refractivity contribution in [2.75, 3.05) is 26.1 Å². The topological polar surface area (TPSA) is 153 Å². The van der Waals surface area contributed by atoms with Gasteiger partial charge in [0.1, 0.15) is 30.8 Å².